The number of benzene rings is 1. The van der Waals surface area contributed by atoms with E-state index in [0.717, 1.165) is 17.8 Å². The number of H-pyrrole nitrogens is 1. The maximum Gasteiger partial charge on any atom is 0.141 e. The Bertz CT molecular complexity index is 454. The van der Waals surface area contributed by atoms with Gasteiger partial charge in [0.25, 0.3) is 0 Å². The van der Waals surface area contributed by atoms with Crippen LogP contribution in [0.15, 0.2) is 36.5 Å². The third-order valence-electron chi connectivity index (χ3n) is 2.29. The van der Waals surface area contributed by atoms with E-state index in [4.69, 9.17) is 11.6 Å². The first-order valence-electron chi connectivity index (χ1n) is 5.02. The predicted octanol–water partition coefficient (Wildman–Crippen LogP) is 3.10. The third kappa shape index (κ3) is 2.84. The van der Waals surface area contributed by atoms with Gasteiger partial charge in [0.05, 0.1) is 5.02 Å². The van der Waals surface area contributed by atoms with E-state index in [2.05, 4.69) is 10.3 Å². The fourth-order valence-electron chi connectivity index (χ4n) is 1.47. The topological polar surface area (TPSA) is 27.8 Å². The van der Waals surface area contributed by atoms with E-state index in [1.165, 1.54) is 6.07 Å². The number of rotatable bonds is 4. The molecule has 0 spiro atoms. The van der Waals surface area contributed by atoms with Crippen molar-refractivity contribution < 1.29 is 4.39 Å². The van der Waals surface area contributed by atoms with Crippen LogP contribution in [-0.2, 0) is 13.1 Å². The van der Waals surface area contributed by atoms with E-state index in [0.29, 0.717) is 6.54 Å². The molecule has 0 fully saturated rings. The highest BCUT2D eigenvalue weighted by Gasteiger charge is 2.00. The Labute approximate surface area is 98.4 Å². The molecule has 4 heteroatoms. The molecule has 0 amide bonds. The van der Waals surface area contributed by atoms with Crippen LogP contribution in [0.5, 0.6) is 0 Å². The lowest BCUT2D eigenvalue weighted by Gasteiger charge is -2.04. The van der Waals surface area contributed by atoms with E-state index < -0.39 is 0 Å². The van der Waals surface area contributed by atoms with E-state index in [-0.39, 0.29) is 10.8 Å². The molecule has 2 aromatic rings. The largest absolute Gasteiger partial charge is 0.364 e. The average Bonchev–Trinajstić information content (AvgIpc) is 2.76. The summed E-state index contributed by atoms with van der Waals surface area (Å²) in [5, 5.41) is 3.40. The van der Waals surface area contributed by atoms with Crippen LogP contribution in [0.4, 0.5) is 4.39 Å². The van der Waals surface area contributed by atoms with Crippen molar-refractivity contribution in [1.29, 1.82) is 0 Å². The second kappa shape index (κ2) is 5.14. The molecule has 16 heavy (non-hydrogen) atoms. The molecule has 0 aliphatic rings. The third-order valence-corrected chi connectivity index (χ3v) is 2.58. The summed E-state index contributed by atoms with van der Waals surface area (Å²) in [5.41, 5.74) is 2.09. The molecule has 0 atom stereocenters. The van der Waals surface area contributed by atoms with Crippen LogP contribution in [-0.4, -0.2) is 4.98 Å². The number of hydrogen-bond acceptors (Lipinski definition) is 1. The van der Waals surface area contributed by atoms with Gasteiger partial charge in [-0.25, -0.2) is 4.39 Å². The van der Waals surface area contributed by atoms with Crippen LogP contribution in [0.2, 0.25) is 5.02 Å². The highest BCUT2D eigenvalue weighted by molar-refractivity contribution is 6.30. The van der Waals surface area contributed by atoms with Crippen molar-refractivity contribution >= 4 is 11.6 Å². The van der Waals surface area contributed by atoms with Gasteiger partial charge in [0.1, 0.15) is 5.82 Å². The molecule has 0 aliphatic heterocycles. The molecule has 2 rings (SSSR count). The quantitative estimate of drug-likeness (QED) is 0.842. The van der Waals surface area contributed by atoms with E-state index in [9.17, 15) is 4.39 Å². The van der Waals surface area contributed by atoms with Crippen LogP contribution in [0.25, 0.3) is 0 Å². The van der Waals surface area contributed by atoms with Gasteiger partial charge in [0.2, 0.25) is 0 Å². The Kier molecular flexibility index (Phi) is 3.59. The zero-order valence-corrected chi connectivity index (χ0v) is 9.39. The zero-order chi connectivity index (χ0) is 11.4. The Morgan fingerprint density at radius 3 is 2.81 bits per heavy atom. The number of aromatic amines is 1. The molecule has 0 unspecified atom stereocenters. The van der Waals surface area contributed by atoms with Crippen LogP contribution in [0.1, 0.15) is 11.3 Å². The summed E-state index contributed by atoms with van der Waals surface area (Å²) in [6.07, 6.45) is 1.88. The Morgan fingerprint density at radius 1 is 1.25 bits per heavy atom. The molecule has 0 radical (unpaired) electrons. The average molecular weight is 239 g/mol. The van der Waals surface area contributed by atoms with E-state index >= 15 is 0 Å². The highest BCUT2D eigenvalue weighted by Crippen LogP contribution is 2.15. The summed E-state index contributed by atoms with van der Waals surface area (Å²) >= 11 is 5.68. The molecule has 1 aromatic carbocycles. The van der Waals surface area contributed by atoms with Crippen LogP contribution in [0.3, 0.4) is 0 Å². The highest BCUT2D eigenvalue weighted by atomic mass is 35.5. The molecule has 0 bridgehead atoms. The van der Waals surface area contributed by atoms with Crippen molar-refractivity contribution in [3.8, 4) is 0 Å². The van der Waals surface area contributed by atoms with Crippen molar-refractivity contribution in [1.82, 2.24) is 10.3 Å². The SMILES string of the molecule is Fc1ccc(CNCc2ccc[nH]2)cc1Cl. The van der Waals surface area contributed by atoms with Gasteiger partial charge in [0, 0.05) is 25.0 Å². The van der Waals surface area contributed by atoms with Crippen LogP contribution < -0.4 is 5.32 Å². The smallest absolute Gasteiger partial charge is 0.141 e. The predicted molar refractivity (Wildman–Crippen MR) is 62.7 cm³/mol. The normalized spacial score (nSPS) is 10.6. The second-order valence-electron chi connectivity index (χ2n) is 3.55. The van der Waals surface area contributed by atoms with Gasteiger partial charge < -0.3 is 10.3 Å². The van der Waals surface area contributed by atoms with Gasteiger partial charge in [-0.05, 0) is 29.8 Å². The van der Waals surface area contributed by atoms with Gasteiger partial charge in [-0.3, -0.25) is 0 Å². The van der Waals surface area contributed by atoms with Gasteiger partial charge >= 0.3 is 0 Å². The molecule has 84 valence electrons. The lowest BCUT2D eigenvalue weighted by molar-refractivity contribution is 0.625. The molecule has 0 saturated carbocycles. The summed E-state index contributed by atoms with van der Waals surface area (Å²) in [4.78, 5) is 3.10. The van der Waals surface area contributed by atoms with Crippen molar-refractivity contribution in [3.63, 3.8) is 0 Å². The van der Waals surface area contributed by atoms with Crippen LogP contribution in [0, 0.1) is 5.82 Å². The fraction of sp³-hybridized carbons (Fsp3) is 0.167. The summed E-state index contributed by atoms with van der Waals surface area (Å²) in [5.74, 6) is -0.380. The first-order valence-corrected chi connectivity index (χ1v) is 5.40. The minimum absolute atomic E-state index is 0.166. The summed E-state index contributed by atoms with van der Waals surface area (Å²) in [6, 6.07) is 8.70. The minimum Gasteiger partial charge on any atom is -0.364 e. The Hall–Kier alpha value is -1.32. The minimum atomic E-state index is -0.380. The molecule has 2 N–H and O–H groups in total. The Balaban J connectivity index is 1.87. The van der Waals surface area contributed by atoms with Gasteiger partial charge in [-0.15, -0.1) is 0 Å². The number of aromatic nitrogens is 1. The fourth-order valence-corrected chi connectivity index (χ4v) is 1.67. The molecular weight excluding hydrogens is 227 g/mol. The molecule has 2 nitrogen and oxygen atoms in total. The monoisotopic (exact) mass is 238 g/mol. The molecule has 1 aromatic heterocycles. The molecule has 0 saturated heterocycles. The molecule has 0 aliphatic carbocycles. The summed E-state index contributed by atoms with van der Waals surface area (Å²) < 4.78 is 12.9. The van der Waals surface area contributed by atoms with Gasteiger partial charge in [-0.2, -0.15) is 0 Å². The van der Waals surface area contributed by atoms with Gasteiger partial charge in [-0.1, -0.05) is 17.7 Å². The zero-order valence-electron chi connectivity index (χ0n) is 8.63. The maximum atomic E-state index is 12.9. The lowest BCUT2D eigenvalue weighted by atomic mass is 10.2. The van der Waals surface area contributed by atoms with Gasteiger partial charge in [0.15, 0.2) is 0 Å². The maximum absolute atomic E-state index is 12.9. The number of halogens is 2. The van der Waals surface area contributed by atoms with Crippen molar-refractivity contribution in [2.45, 2.75) is 13.1 Å². The van der Waals surface area contributed by atoms with Crippen molar-refractivity contribution in [2.24, 2.45) is 0 Å². The lowest BCUT2D eigenvalue weighted by Crippen LogP contribution is -2.12. The molecule has 1 heterocycles. The first kappa shape index (κ1) is 11.2. The van der Waals surface area contributed by atoms with Crippen molar-refractivity contribution in [3.05, 3.63) is 58.6 Å². The summed E-state index contributed by atoms with van der Waals surface area (Å²) in [7, 11) is 0. The number of nitrogens with one attached hydrogen (secondary N) is 2. The molecular formula is C12H12ClFN2. The Morgan fingerprint density at radius 2 is 2.12 bits per heavy atom. The van der Waals surface area contributed by atoms with E-state index in [1.807, 2.05) is 18.3 Å². The second-order valence-corrected chi connectivity index (χ2v) is 3.95. The standard InChI is InChI=1S/C12H12ClFN2/c13-11-6-9(3-4-12(11)14)7-15-8-10-2-1-5-16-10/h1-6,15-16H,7-8H2. The van der Waals surface area contributed by atoms with E-state index in [1.54, 1.807) is 12.1 Å². The van der Waals surface area contributed by atoms with Crippen molar-refractivity contribution in [2.75, 3.05) is 0 Å². The van der Waals surface area contributed by atoms with Crippen LogP contribution >= 0.6 is 11.6 Å². The summed E-state index contributed by atoms with van der Waals surface area (Å²) in [6.45, 7) is 1.42. The first-order chi connectivity index (χ1) is 7.75. The number of hydrogen-bond donors (Lipinski definition) is 2.